The molecular formula is C15H19ClO. The van der Waals surface area contributed by atoms with Gasteiger partial charge >= 0.3 is 0 Å². The van der Waals surface area contributed by atoms with E-state index in [0.717, 1.165) is 24.8 Å². The van der Waals surface area contributed by atoms with Gasteiger partial charge in [0, 0.05) is 17.2 Å². The van der Waals surface area contributed by atoms with Crippen molar-refractivity contribution < 1.29 is 4.79 Å². The molecule has 1 nitrogen and oxygen atoms in total. The lowest BCUT2D eigenvalue weighted by molar-refractivity contribution is -0.123. The van der Waals surface area contributed by atoms with Gasteiger partial charge < -0.3 is 0 Å². The lowest BCUT2D eigenvalue weighted by Crippen LogP contribution is -2.19. The molecule has 1 aliphatic rings. The molecule has 0 radical (unpaired) electrons. The average Bonchev–Trinajstić information content (AvgIpc) is 2.44. The number of alkyl halides is 1. The number of aryl methyl sites for hydroxylation is 1. The highest BCUT2D eigenvalue weighted by Gasteiger charge is 2.31. The number of rotatable bonds is 1. The Bertz CT molecular complexity index is 413. The van der Waals surface area contributed by atoms with Crippen LogP contribution in [0.4, 0.5) is 0 Å². The fourth-order valence-electron chi connectivity index (χ4n) is 2.66. The molecule has 1 saturated carbocycles. The number of carbonyl (C=O) groups excluding carboxylic acids is 1. The highest BCUT2D eigenvalue weighted by Crippen LogP contribution is 2.35. The van der Waals surface area contributed by atoms with Gasteiger partial charge in [-0.25, -0.2) is 0 Å². The van der Waals surface area contributed by atoms with Crippen molar-refractivity contribution in [1.29, 1.82) is 0 Å². The molecular weight excluding hydrogens is 232 g/mol. The van der Waals surface area contributed by atoms with E-state index in [1.807, 2.05) is 19.1 Å². The molecule has 3 atom stereocenters. The summed E-state index contributed by atoms with van der Waals surface area (Å²) in [5, 5.41) is 0.133. The minimum atomic E-state index is -0.00352. The molecule has 0 spiro atoms. The minimum Gasteiger partial charge on any atom is -0.299 e. The summed E-state index contributed by atoms with van der Waals surface area (Å²) < 4.78 is 0. The van der Waals surface area contributed by atoms with Crippen molar-refractivity contribution in [2.75, 3.05) is 0 Å². The second kappa shape index (κ2) is 5.22. The third kappa shape index (κ3) is 2.71. The third-order valence-electron chi connectivity index (χ3n) is 3.80. The largest absolute Gasteiger partial charge is 0.299 e. The van der Waals surface area contributed by atoms with E-state index in [1.54, 1.807) is 0 Å². The molecule has 1 aromatic carbocycles. The Morgan fingerprint density at radius 2 is 1.94 bits per heavy atom. The Morgan fingerprint density at radius 3 is 2.65 bits per heavy atom. The van der Waals surface area contributed by atoms with Gasteiger partial charge in [0.1, 0.15) is 5.78 Å². The number of hydrogen-bond acceptors (Lipinski definition) is 1. The van der Waals surface area contributed by atoms with Crippen LogP contribution in [0.1, 0.15) is 43.2 Å². The molecule has 0 amide bonds. The Balaban J connectivity index is 2.34. The van der Waals surface area contributed by atoms with Crippen molar-refractivity contribution in [3.63, 3.8) is 0 Å². The van der Waals surface area contributed by atoms with Crippen LogP contribution in [0, 0.1) is 12.8 Å². The van der Waals surface area contributed by atoms with E-state index in [0.29, 0.717) is 5.78 Å². The molecule has 2 heteroatoms. The van der Waals surface area contributed by atoms with E-state index in [4.69, 9.17) is 11.6 Å². The van der Waals surface area contributed by atoms with Gasteiger partial charge in [0.15, 0.2) is 0 Å². The maximum absolute atomic E-state index is 12.4. The first-order valence-electron chi connectivity index (χ1n) is 6.33. The highest BCUT2D eigenvalue weighted by molar-refractivity contribution is 6.20. The maximum atomic E-state index is 12.4. The molecule has 92 valence electrons. The van der Waals surface area contributed by atoms with Crippen molar-refractivity contribution in [2.45, 2.75) is 44.4 Å². The predicted octanol–water partition coefficient (Wildman–Crippen LogP) is 4.08. The van der Waals surface area contributed by atoms with E-state index in [9.17, 15) is 4.79 Å². The molecule has 0 aromatic heterocycles. The van der Waals surface area contributed by atoms with Crippen molar-refractivity contribution >= 4 is 17.4 Å². The zero-order valence-electron chi connectivity index (χ0n) is 10.4. The van der Waals surface area contributed by atoms with Crippen molar-refractivity contribution in [3.8, 4) is 0 Å². The zero-order valence-corrected chi connectivity index (χ0v) is 11.2. The first-order valence-corrected chi connectivity index (χ1v) is 6.76. The number of ketones is 1. The summed E-state index contributed by atoms with van der Waals surface area (Å²) in [4.78, 5) is 12.4. The van der Waals surface area contributed by atoms with Gasteiger partial charge in [-0.3, -0.25) is 4.79 Å². The maximum Gasteiger partial charge on any atom is 0.143 e. The topological polar surface area (TPSA) is 17.1 Å². The molecule has 1 fully saturated rings. The number of Topliss-reactive ketones (excluding diaryl/α,β-unsaturated/α-hetero) is 1. The first-order chi connectivity index (χ1) is 8.09. The fourth-order valence-corrected chi connectivity index (χ4v) is 2.97. The molecule has 1 aliphatic carbocycles. The molecule has 0 bridgehead atoms. The lowest BCUT2D eigenvalue weighted by Gasteiger charge is -2.19. The van der Waals surface area contributed by atoms with Gasteiger partial charge in [-0.1, -0.05) is 31.2 Å². The molecule has 2 rings (SSSR count). The quantitative estimate of drug-likeness (QED) is 0.542. The molecule has 0 heterocycles. The van der Waals surface area contributed by atoms with E-state index in [-0.39, 0.29) is 17.2 Å². The van der Waals surface area contributed by atoms with Crippen LogP contribution >= 0.6 is 11.6 Å². The van der Waals surface area contributed by atoms with Crippen LogP contribution in [0.3, 0.4) is 0 Å². The Kier molecular flexibility index (Phi) is 3.88. The first kappa shape index (κ1) is 12.6. The monoisotopic (exact) mass is 250 g/mol. The van der Waals surface area contributed by atoms with Crippen LogP contribution < -0.4 is 0 Å². The number of carbonyl (C=O) groups is 1. The van der Waals surface area contributed by atoms with Gasteiger partial charge in [0.2, 0.25) is 0 Å². The molecule has 0 aliphatic heterocycles. The molecule has 0 saturated heterocycles. The second-order valence-corrected chi connectivity index (χ2v) is 5.74. The van der Waals surface area contributed by atoms with E-state index >= 15 is 0 Å². The van der Waals surface area contributed by atoms with Crippen LogP contribution in [-0.4, -0.2) is 11.2 Å². The second-order valence-electron chi connectivity index (χ2n) is 5.12. The van der Waals surface area contributed by atoms with Gasteiger partial charge in [-0.05, 0) is 37.3 Å². The molecule has 17 heavy (non-hydrogen) atoms. The Labute approximate surface area is 108 Å². The highest BCUT2D eigenvalue weighted by atomic mass is 35.5. The summed E-state index contributed by atoms with van der Waals surface area (Å²) in [6.45, 7) is 4.10. The van der Waals surface area contributed by atoms with E-state index < -0.39 is 0 Å². The van der Waals surface area contributed by atoms with Crippen LogP contribution in [0.5, 0.6) is 0 Å². The predicted molar refractivity (Wildman–Crippen MR) is 71.6 cm³/mol. The normalized spacial score (nSPS) is 30.1. The third-order valence-corrected chi connectivity index (χ3v) is 4.19. The SMILES string of the molecule is Cc1ccccc1[C@@H]1C[C@H](Cl)CC[C@H](C)C1=O. The van der Waals surface area contributed by atoms with Crippen LogP contribution in [0.15, 0.2) is 24.3 Å². The summed E-state index contributed by atoms with van der Waals surface area (Å²) in [5.74, 6) is 0.502. The standard InChI is InChI=1S/C15H19ClO/c1-10-5-3-4-6-13(10)14-9-12(16)8-7-11(2)15(14)17/h3-6,11-12,14H,7-9H2,1-2H3/t11-,12+,14-/m0/s1. The van der Waals surface area contributed by atoms with Crippen LogP contribution in [0.2, 0.25) is 0 Å². The van der Waals surface area contributed by atoms with Gasteiger partial charge in [-0.15, -0.1) is 11.6 Å². The Morgan fingerprint density at radius 1 is 1.24 bits per heavy atom. The van der Waals surface area contributed by atoms with Gasteiger partial charge in [0.05, 0.1) is 0 Å². The van der Waals surface area contributed by atoms with Crippen molar-refractivity contribution in [2.24, 2.45) is 5.92 Å². The van der Waals surface area contributed by atoms with Crippen LogP contribution in [-0.2, 0) is 4.79 Å². The molecule has 0 unspecified atom stereocenters. The summed E-state index contributed by atoms with van der Waals surface area (Å²) in [6, 6.07) is 8.16. The zero-order chi connectivity index (χ0) is 12.4. The fraction of sp³-hybridized carbons (Fsp3) is 0.533. The summed E-state index contributed by atoms with van der Waals surface area (Å²) in [5.41, 5.74) is 2.36. The van der Waals surface area contributed by atoms with Gasteiger partial charge in [-0.2, -0.15) is 0 Å². The summed E-state index contributed by atoms with van der Waals surface area (Å²) in [7, 11) is 0. The molecule has 0 N–H and O–H groups in total. The lowest BCUT2D eigenvalue weighted by atomic mass is 9.85. The summed E-state index contributed by atoms with van der Waals surface area (Å²) in [6.07, 6.45) is 2.67. The van der Waals surface area contributed by atoms with E-state index in [1.165, 1.54) is 5.56 Å². The van der Waals surface area contributed by atoms with Crippen molar-refractivity contribution in [1.82, 2.24) is 0 Å². The average molecular weight is 251 g/mol. The Hall–Kier alpha value is -0.820. The number of benzene rings is 1. The number of halogens is 1. The van der Waals surface area contributed by atoms with Crippen LogP contribution in [0.25, 0.3) is 0 Å². The molecule has 1 aromatic rings. The number of hydrogen-bond donors (Lipinski definition) is 0. The summed E-state index contributed by atoms with van der Waals surface area (Å²) >= 11 is 6.30. The van der Waals surface area contributed by atoms with Gasteiger partial charge in [0.25, 0.3) is 0 Å². The smallest absolute Gasteiger partial charge is 0.143 e. The minimum absolute atomic E-state index is 0.00352. The van der Waals surface area contributed by atoms with Crippen molar-refractivity contribution in [3.05, 3.63) is 35.4 Å². The van der Waals surface area contributed by atoms with E-state index in [2.05, 4.69) is 19.1 Å².